The van der Waals surface area contributed by atoms with E-state index in [9.17, 15) is 4.79 Å². The maximum absolute atomic E-state index is 11.6. The van der Waals surface area contributed by atoms with E-state index in [1.165, 1.54) is 0 Å². The van der Waals surface area contributed by atoms with Gasteiger partial charge < -0.3 is 16.6 Å². The SMILES string of the molecule is Nc1ccn(C2CC[C@@](N)(CO)C2)c(=O)n1. The van der Waals surface area contributed by atoms with E-state index in [2.05, 4.69) is 4.98 Å². The van der Waals surface area contributed by atoms with Crippen molar-refractivity contribution in [2.24, 2.45) is 5.73 Å². The molecule has 88 valence electrons. The summed E-state index contributed by atoms with van der Waals surface area (Å²) in [5, 5.41) is 9.16. The monoisotopic (exact) mass is 224 g/mol. The van der Waals surface area contributed by atoms with Crippen LogP contribution >= 0.6 is 0 Å². The number of aliphatic hydroxyl groups excluding tert-OH is 1. The predicted octanol–water partition coefficient (Wildman–Crippen LogP) is -0.760. The Bertz CT molecular complexity index is 445. The van der Waals surface area contributed by atoms with Gasteiger partial charge >= 0.3 is 5.69 Å². The molecule has 6 nitrogen and oxygen atoms in total. The highest BCUT2D eigenvalue weighted by molar-refractivity contribution is 5.23. The maximum Gasteiger partial charge on any atom is 0.349 e. The van der Waals surface area contributed by atoms with Crippen molar-refractivity contribution in [3.8, 4) is 0 Å². The molecule has 2 atom stereocenters. The molecule has 1 fully saturated rings. The van der Waals surface area contributed by atoms with E-state index in [0.29, 0.717) is 12.8 Å². The zero-order valence-corrected chi connectivity index (χ0v) is 8.97. The molecule has 0 aromatic carbocycles. The van der Waals surface area contributed by atoms with Gasteiger partial charge in [-0.25, -0.2) is 4.79 Å². The number of nitrogens with zero attached hydrogens (tertiary/aromatic N) is 2. The fourth-order valence-electron chi connectivity index (χ4n) is 2.21. The molecular weight excluding hydrogens is 208 g/mol. The van der Waals surface area contributed by atoms with Crippen molar-refractivity contribution in [3.05, 3.63) is 22.7 Å². The van der Waals surface area contributed by atoms with Crippen LogP contribution in [0.1, 0.15) is 25.3 Å². The highest BCUT2D eigenvalue weighted by Crippen LogP contribution is 2.34. The van der Waals surface area contributed by atoms with Crippen LogP contribution in [-0.2, 0) is 0 Å². The third-order valence-corrected chi connectivity index (χ3v) is 3.18. The van der Waals surface area contributed by atoms with Crippen LogP contribution in [0, 0.1) is 0 Å². The van der Waals surface area contributed by atoms with Gasteiger partial charge in [0.05, 0.1) is 6.61 Å². The smallest absolute Gasteiger partial charge is 0.349 e. The molecule has 0 bridgehead atoms. The molecule has 1 saturated carbocycles. The number of nitrogens with two attached hydrogens (primary N) is 2. The van der Waals surface area contributed by atoms with Gasteiger partial charge in [0.2, 0.25) is 0 Å². The highest BCUT2D eigenvalue weighted by atomic mass is 16.3. The molecule has 0 amide bonds. The lowest BCUT2D eigenvalue weighted by Crippen LogP contribution is -2.41. The Morgan fingerprint density at radius 1 is 1.69 bits per heavy atom. The fraction of sp³-hybridized carbons (Fsp3) is 0.600. The molecular formula is C10H16N4O2. The molecule has 2 rings (SSSR count). The third kappa shape index (κ3) is 1.94. The zero-order chi connectivity index (χ0) is 11.8. The fourth-order valence-corrected chi connectivity index (χ4v) is 2.21. The number of rotatable bonds is 2. The zero-order valence-electron chi connectivity index (χ0n) is 8.97. The Morgan fingerprint density at radius 3 is 3.00 bits per heavy atom. The van der Waals surface area contributed by atoms with Gasteiger partial charge in [-0.3, -0.25) is 4.57 Å². The molecule has 1 aromatic heterocycles. The summed E-state index contributed by atoms with van der Waals surface area (Å²) in [4.78, 5) is 15.3. The molecule has 1 unspecified atom stereocenters. The molecule has 0 spiro atoms. The summed E-state index contributed by atoms with van der Waals surface area (Å²) >= 11 is 0. The van der Waals surface area contributed by atoms with Crippen molar-refractivity contribution >= 4 is 5.82 Å². The molecule has 6 heteroatoms. The second-order valence-electron chi connectivity index (χ2n) is 4.46. The number of aliphatic hydroxyl groups is 1. The lowest BCUT2D eigenvalue weighted by atomic mass is 10.0. The van der Waals surface area contributed by atoms with Crippen molar-refractivity contribution in [1.29, 1.82) is 0 Å². The lowest BCUT2D eigenvalue weighted by molar-refractivity contribution is 0.195. The van der Waals surface area contributed by atoms with Crippen molar-refractivity contribution in [1.82, 2.24) is 9.55 Å². The Labute approximate surface area is 92.9 Å². The average molecular weight is 224 g/mol. The second kappa shape index (κ2) is 3.88. The standard InChI is InChI=1S/C10H16N4O2/c11-8-2-4-14(9(16)13-8)7-1-3-10(12,5-7)6-15/h2,4,7,15H,1,3,5-6,12H2,(H2,11,13,16)/t7?,10-/m0/s1. The number of nitrogen functional groups attached to an aromatic ring is 1. The quantitative estimate of drug-likeness (QED) is 0.612. The van der Waals surface area contributed by atoms with Crippen molar-refractivity contribution in [2.45, 2.75) is 30.8 Å². The van der Waals surface area contributed by atoms with E-state index in [1.54, 1.807) is 16.8 Å². The van der Waals surface area contributed by atoms with Crippen LogP contribution in [0.2, 0.25) is 0 Å². The second-order valence-corrected chi connectivity index (χ2v) is 4.46. The van der Waals surface area contributed by atoms with E-state index in [1.807, 2.05) is 0 Å². The first kappa shape index (κ1) is 11.1. The summed E-state index contributed by atoms with van der Waals surface area (Å²) in [5.74, 6) is 0.223. The minimum absolute atomic E-state index is 0.0118. The average Bonchev–Trinajstić information content (AvgIpc) is 2.62. The number of aromatic nitrogens is 2. The molecule has 1 aliphatic carbocycles. The Kier molecular flexibility index (Phi) is 2.69. The largest absolute Gasteiger partial charge is 0.394 e. The molecule has 0 aliphatic heterocycles. The number of anilines is 1. The minimum atomic E-state index is -0.564. The topological polar surface area (TPSA) is 107 Å². The first-order valence-corrected chi connectivity index (χ1v) is 5.28. The normalized spacial score (nSPS) is 29.5. The van der Waals surface area contributed by atoms with Gasteiger partial charge in [0.1, 0.15) is 5.82 Å². The molecule has 1 aliphatic rings. The molecule has 1 aromatic rings. The van der Waals surface area contributed by atoms with Crippen molar-refractivity contribution in [2.75, 3.05) is 12.3 Å². The van der Waals surface area contributed by atoms with Crippen LogP contribution in [0.25, 0.3) is 0 Å². The minimum Gasteiger partial charge on any atom is -0.394 e. The van der Waals surface area contributed by atoms with E-state index in [0.717, 1.165) is 6.42 Å². The molecule has 16 heavy (non-hydrogen) atoms. The Morgan fingerprint density at radius 2 is 2.44 bits per heavy atom. The van der Waals surface area contributed by atoms with Crippen LogP contribution in [0.15, 0.2) is 17.1 Å². The highest BCUT2D eigenvalue weighted by Gasteiger charge is 2.36. The van der Waals surface area contributed by atoms with Gasteiger partial charge in [-0.2, -0.15) is 4.98 Å². The van der Waals surface area contributed by atoms with Crippen LogP contribution in [0.3, 0.4) is 0 Å². The lowest BCUT2D eigenvalue weighted by Gasteiger charge is -2.21. The molecule has 0 saturated heterocycles. The molecule has 0 radical (unpaired) electrons. The van der Waals surface area contributed by atoms with Crippen LogP contribution in [0.4, 0.5) is 5.82 Å². The van der Waals surface area contributed by atoms with Crippen LogP contribution in [0.5, 0.6) is 0 Å². The van der Waals surface area contributed by atoms with Gasteiger partial charge in [0.15, 0.2) is 0 Å². The van der Waals surface area contributed by atoms with Gasteiger partial charge in [0, 0.05) is 17.8 Å². The third-order valence-electron chi connectivity index (χ3n) is 3.18. The van der Waals surface area contributed by atoms with Gasteiger partial charge in [-0.15, -0.1) is 0 Å². The predicted molar refractivity (Wildman–Crippen MR) is 59.8 cm³/mol. The van der Waals surface area contributed by atoms with E-state index >= 15 is 0 Å². The maximum atomic E-state index is 11.6. The molecule has 5 N–H and O–H groups in total. The summed E-state index contributed by atoms with van der Waals surface area (Å²) in [5.41, 5.74) is 10.5. The van der Waals surface area contributed by atoms with Crippen LogP contribution < -0.4 is 17.2 Å². The van der Waals surface area contributed by atoms with Crippen molar-refractivity contribution in [3.63, 3.8) is 0 Å². The van der Waals surface area contributed by atoms with Crippen LogP contribution in [-0.4, -0.2) is 26.8 Å². The number of hydrogen-bond acceptors (Lipinski definition) is 5. The number of hydrogen-bond donors (Lipinski definition) is 3. The summed E-state index contributed by atoms with van der Waals surface area (Å²) in [7, 11) is 0. The van der Waals surface area contributed by atoms with Gasteiger partial charge in [-0.1, -0.05) is 0 Å². The van der Waals surface area contributed by atoms with E-state index < -0.39 is 5.54 Å². The van der Waals surface area contributed by atoms with E-state index in [-0.39, 0.29) is 24.2 Å². The Hall–Kier alpha value is -1.40. The van der Waals surface area contributed by atoms with Gasteiger partial charge in [-0.05, 0) is 25.3 Å². The first-order chi connectivity index (χ1) is 7.54. The Balaban J connectivity index is 2.24. The van der Waals surface area contributed by atoms with Gasteiger partial charge in [0.25, 0.3) is 0 Å². The van der Waals surface area contributed by atoms with E-state index in [4.69, 9.17) is 16.6 Å². The summed E-state index contributed by atoms with van der Waals surface area (Å²) in [6, 6.07) is 1.61. The summed E-state index contributed by atoms with van der Waals surface area (Å²) < 4.78 is 1.54. The van der Waals surface area contributed by atoms with Crippen molar-refractivity contribution < 1.29 is 5.11 Å². The summed E-state index contributed by atoms with van der Waals surface area (Å²) in [6.07, 6.45) is 3.72. The molecule has 1 heterocycles. The summed E-state index contributed by atoms with van der Waals surface area (Å²) in [6.45, 7) is -0.0549. The first-order valence-electron chi connectivity index (χ1n) is 5.28.